The van der Waals surface area contributed by atoms with Crippen molar-refractivity contribution in [2.45, 2.75) is 26.7 Å². The Hall–Kier alpha value is -2.17. The van der Waals surface area contributed by atoms with Crippen molar-refractivity contribution in [1.82, 2.24) is 5.43 Å². The third kappa shape index (κ3) is 3.44. The van der Waals surface area contributed by atoms with E-state index in [0.717, 1.165) is 18.7 Å². The fourth-order valence-corrected chi connectivity index (χ4v) is 2.02. The molecule has 0 aliphatic carbocycles. The van der Waals surface area contributed by atoms with Crippen LogP contribution in [0.25, 0.3) is 0 Å². The van der Waals surface area contributed by atoms with E-state index in [1.165, 1.54) is 0 Å². The molecule has 1 saturated heterocycles. The maximum absolute atomic E-state index is 11.8. The lowest BCUT2D eigenvalue weighted by Crippen LogP contribution is -2.24. The summed E-state index contributed by atoms with van der Waals surface area (Å²) in [5, 5.41) is 3.87. The highest BCUT2D eigenvalue weighted by atomic mass is 16.2. The first-order valence-corrected chi connectivity index (χ1v) is 6.82. The molecule has 1 aliphatic rings. The monoisotopic (exact) mass is 273 g/mol. The summed E-state index contributed by atoms with van der Waals surface area (Å²) in [6.45, 7) is 4.72. The van der Waals surface area contributed by atoms with Gasteiger partial charge in [0.25, 0.3) is 5.91 Å². The fourth-order valence-electron chi connectivity index (χ4n) is 2.02. The van der Waals surface area contributed by atoms with Crippen LogP contribution in [0.3, 0.4) is 0 Å². The Labute approximate surface area is 118 Å². The molecule has 0 radical (unpaired) electrons. The summed E-state index contributed by atoms with van der Waals surface area (Å²) in [4.78, 5) is 25.2. The number of carbonyl (C=O) groups is 2. The topological polar surface area (TPSA) is 61.8 Å². The molecule has 2 amide bonds. The van der Waals surface area contributed by atoms with Gasteiger partial charge in [0.1, 0.15) is 0 Å². The maximum atomic E-state index is 11.8. The predicted octanol–water partition coefficient (Wildman–Crippen LogP) is 2.19. The molecule has 1 aromatic carbocycles. The number of benzene rings is 1. The van der Waals surface area contributed by atoms with Crippen molar-refractivity contribution in [2.75, 3.05) is 11.4 Å². The Kier molecular flexibility index (Phi) is 4.50. The van der Waals surface area contributed by atoms with Crippen molar-refractivity contribution in [3.05, 3.63) is 29.8 Å². The van der Waals surface area contributed by atoms with Gasteiger partial charge in [-0.1, -0.05) is 13.8 Å². The van der Waals surface area contributed by atoms with E-state index in [0.29, 0.717) is 17.9 Å². The Morgan fingerprint density at radius 2 is 2.05 bits per heavy atom. The van der Waals surface area contributed by atoms with Crippen molar-refractivity contribution in [3.8, 4) is 0 Å². The van der Waals surface area contributed by atoms with E-state index in [1.807, 2.05) is 13.8 Å². The van der Waals surface area contributed by atoms with Gasteiger partial charge < -0.3 is 4.90 Å². The lowest BCUT2D eigenvalue weighted by molar-refractivity contribution is -0.117. The Morgan fingerprint density at radius 3 is 2.60 bits per heavy atom. The summed E-state index contributed by atoms with van der Waals surface area (Å²) in [5.74, 6) is 0.184. The van der Waals surface area contributed by atoms with Crippen molar-refractivity contribution in [1.29, 1.82) is 0 Å². The SMILES string of the molecule is CC(C)/C=N\NC(=O)c1ccc(N2CCCC2=O)cc1. The van der Waals surface area contributed by atoms with Crippen LogP contribution in [0.1, 0.15) is 37.0 Å². The highest BCUT2D eigenvalue weighted by Crippen LogP contribution is 2.21. The number of amides is 2. The van der Waals surface area contributed by atoms with Crippen LogP contribution in [0.2, 0.25) is 0 Å². The van der Waals surface area contributed by atoms with E-state index < -0.39 is 0 Å². The van der Waals surface area contributed by atoms with Gasteiger partial charge in [-0.3, -0.25) is 9.59 Å². The van der Waals surface area contributed by atoms with E-state index in [1.54, 1.807) is 35.4 Å². The van der Waals surface area contributed by atoms with Gasteiger partial charge in [-0.25, -0.2) is 5.43 Å². The molecule has 5 heteroatoms. The molecule has 0 saturated carbocycles. The number of carbonyl (C=O) groups excluding carboxylic acids is 2. The molecule has 1 fully saturated rings. The van der Waals surface area contributed by atoms with Gasteiger partial charge in [-0.2, -0.15) is 5.10 Å². The molecule has 20 heavy (non-hydrogen) atoms. The molecular weight excluding hydrogens is 254 g/mol. The zero-order valence-corrected chi connectivity index (χ0v) is 11.8. The number of rotatable bonds is 4. The number of hydrazone groups is 1. The van der Waals surface area contributed by atoms with Crippen LogP contribution >= 0.6 is 0 Å². The molecule has 1 N–H and O–H groups in total. The summed E-state index contributed by atoms with van der Waals surface area (Å²) in [6.07, 6.45) is 3.17. The summed E-state index contributed by atoms with van der Waals surface area (Å²) < 4.78 is 0. The molecule has 5 nitrogen and oxygen atoms in total. The third-order valence-corrected chi connectivity index (χ3v) is 3.05. The summed E-state index contributed by atoms with van der Waals surface area (Å²) in [6, 6.07) is 7.01. The van der Waals surface area contributed by atoms with Crippen molar-refractivity contribution >= 4 is 23.7 Å². The van der Waals surface area contributed by atoms with Gasteiger partial charge in [-0.15, -0.1) is 0 Å². The van der Waals surface area contributed by atoms with Crippen LogP contribution in [0, 0.1) is 5.92 Å². The zero-order valence-electron chi connectivity index (χ0n) is 11.8. The number of anilines is 1. The van der Waals surface area contributed by atoms with Crippen LogP contribution in [0.15, 0.2) is 29.4 Å². The fraction of sp³-hybridized carbons (Fsp3) is 0.400. The quantitative estimate of drug-likeness (QED) is 0.675. The van der Waals surface area contributed by atoms with Crippen LogP contribution in [0.4, 0.5) is 5.69 Å². The Morgan fingerprint density at radius 1 is 1.35 bits per heavy atom. The second-order valence-corrected chi connectivity index (χ2v) is 5.16. The minimum Gasteiger partial charge on any atom is -0.312 e. The summed E-state index contributed by atoms with van der Waals surface area (Å²) >= 11 is 0. The van der Waals surface area contributed by atoms with E-state index >= 15 is 0 Å². The molecule has 0 bridgehead atoms. The van der Waals surface area contributed by atoms with Crippen LogP contribution in [-0.4, -0.2) is 24.6 Å². The van der Waals surface area contributed by atoms with Crippen LogP contribution in [0.5, 0.6) is 0 Å². The molecule has 1 heterocycles. The van der Waals surface area contributed by atoms with Crippen molar-refractivity contribution in [3.63, 3.8) is 0 Å². The average molecular weight is 273 g/mol. The number of nitrogens with one attached hydrogen (secondary N) is 1. The molecule has 2 rings (SSSR count). The second-order valence-electron chi connectivity index (χ2n) is 5.16. The predicted molar refractivity (Wildman–Crippen MR) is 78.8 cm³/mol. The molecule has 0 atom stereocenters. The lowest BCUT2D eigenvalue weighted by atomic mass is 10.2. The molecule has 1 aromatic rings. The highest BCUT2D eigenvalue weighted by molar-refractivity contribution is 5.97. The first-order chi connectivity index (χ1) is 9.58. The van der Waals surface area contributed by atoms with Gasteiger partial charge in [0.15, 0.2) is 0 Å². The van der Waals surface area contributed by atoms with Crippen LogP contribution in [-0.2, 0) is 4.79 Å². The zero-order chi connectivity index (χ0) is 14.5. The lowest BCUT2D eigenvalue weighted by Gasteiger charge is -2.15. The highest BCUT2D eigenvalue weighted by Gasteiger charge is 2.21. The van der Waals surface area contributed by atoms with Crippen molar-refractivity contribution < 1.29 is 9.59 Å². The van der Waals surface area contributed by atoms with Gasteiger partial charge in [0, 0.05) is 30.4 Å². The minimum absolute atomic E-state index is 0.142. The van der Waals surface area contributed by atoms with E-state index in [-0.39, 0.29) is 11.8 Å². The molecular formula is C15H19N3O2. The van der Waals surface area contributed by atoms with Crippen LogP contribution < -0.4 is 10.3 Å². The maximum Gasteiger partial charge on any atom is 0.271 e. The standard InChI is InChI=1S/C15H19N3O2/c1-11(2)10-16-17-15(20)12-5-7-13(8-6-12)18-9-3-4-14(18)19/h5-8,10-11H,3-4,9H2,1-2H3,(H,17,20)/b16-10-. The van der Waals surface area contributed by atoms with Gasteiger partial charge in [0.05, 0.1) is 0 Å². The largest absolute Gasteiger partial charge is 0.312 e. The van der Waals surface area contributed by atoms with E-state index in [9.17, 15) is 9.59 Å². The van der Waals surface area contributed by atoms with Crippen molar-refractivity contribution in [2.24, 2.45) is 11.0 Å². The summed E-state index contributed by atoms with van der Waals surface area (Å²) in [7, 11) is 0. The molecule has 0 spiro atoms. The minimum atomic E-state index is -0.249. The van der Waals surface area contributed by atoms with E-state index in [2.05, 4.69) is 10.5 Å². The molecule has 0 unspecified atom stereocenters. The first-order valence-electron chi connectivity index (χ1n) is 6.82. The molecule has 106 valence electrons. The molecule has 1 aliphatic heterocycles. The number of hydrogen-bond acceptors (Lipinski definition) is 3. The smallest absolute Gasteiger partial charge is 0.271 e. The normalized spacial score (nSPS) is 15.3. The van der Waals surface area contributed by atoms with E-state index in [4.69, 9.17) is 0 Å². The van der Waals surface area contributed by atoms with Gasteiger partial charge in [-0.05, 0) is 36.6 Å². The third-order valence-electron chi connectivity index (χ3n) is 3.05. The van der Waals surface area contributed by atoms with Gasteiger partial charge >= 0.3 is 0 Å². The summed E-state index contributed by atoms with van der Waals surface area (Å²) in [5.41, 5.74) is 3.85. The Bertz CT molecular complexity index is 520. The first kappa shape index (κ1) is 14.2. The van der Waals surface area contributed by atoms with Gasteiger partial charge in [0.2, 0.25) is 5.91 Å². The number of nitrogens with zero attached hydrogens (tertiary/aromatic N) is 2. The average Bonchev–Trinajstić information content (AvgIpc) is 2.84. The number of hydrogen-bond donors (Lipinski definition) is 1. The Balaban J connectivity index is 2.00. The molecule has 0 aromatic heterocycles. The second kappa shape index (κ2) is 6.32.